The number of aliphatic hydroxyl groups is 1. The molecule has 14 heavy (non-hydrogen) atoms. The number of nitrogens with two attached hydrogens (primary N) is 1. The lowest BCUT2D eigenvalue weighted by Gasteiger charge is -2.31. The third-order valence-electron chi connectivity index (χ3n) is 2.92. The summed E-state index contributed by atoms with van der Waals surface area (Å²) in [4.78, 5) is 4.49. The van der Waals surface area contributed by atoms with Gasteiger partial charge in [-0.3, -0.25) is 4.90 Å². The van der Waals surface area contributed by atoms with E-state index in [4.69, 9.17) is 5.73 Å². The second-order valence-electron chi connectivity index (χ2n) is 4.59. The van der Waals surface area contributed by atoms with Crippen molar-refractivity contribution in [2.45, 2.75) is 31.5 Å². The van der Waals surface area contributed by atoms with Crippen LogP contribution in [-0.4, -0.2) is 66.8 Å². The van der Waals surface area contributed by atoms with E-state index in [1.807, 2.05) is 0 Å². The molecule has 0 saturated carbocycles. The van der Waals surface area contributed by atoms with E-state index in [9.17, 15) is 5.11 Å². The molecule has 1 fully saturated rings. The van der Waals surface area contributed by atoms with Crippen LogP contribution >= 0.6 is 0 Å². The van der Waals surface area contributed by atoms with Crippen molar-refractivity contribution in [2.24, 2.45) is 5.73 Å². The summed E-state index contributed by atoms with van der Waals surface area (Å²) in [6.07, 6.45) is 0.705. The second-order valence-corrected chi connectivity index (χ2v) is 4.59. The van der Waals surface area contributed by atoms with E-state index in [0.717, 1.165) is 19.5 Å². The highest BCUT2D eigenvalue weighted by Crippen LogP contribution is 2.20. The largest absolute Gasteiger partial charge is 0.392 e. The Hall–Kier alpha value is -0.160. The molecule has 1 aliphatic heterocycles. The number of hydrogen-bond donors (Lipinski definition) is 2. The fraction of sp³-hybridized carbons (Fsp3) is 1.00. The molecule has 0 aromatic carbocycles. The molecule has 0 aromatic rings. The first kappa shape index (κ1) is 11.9. The number of rotatable bonds is 4. The molecule has 0 radical (unpaired) electrons. The number of likely N-dealkylation sites (N-methyl/N-ethyl adjacent to an activating group) is 1. The molecule has 84 valence electrons. The maximum Gasteiger partial charge on any atom is 0.0682 e. The van der Waals surface area contributed by atoms with Gasteiger partial charge in [-0.15, -0.1) is 0 Å². The highest BCUT2D eigenvalue weighted by atomic mass is 16.3. The molecule has 0 aliphatic carbocycles. The summed E-state index contributed by atoms with van der Waals surface area (Å²) >= 11 is 0. The van der Waals surface area contributed by atoms with Crippen molar-refractivity contribution in [2.75, 3.05) is 33.7 Å². The van der Waals surface area contributed by atoms with Gasteiger partial charge in [0.1, 0.15) is 0 Å². The van der Waals surface area contributed by atoms with Crippen molar-refractivity contribution < 1.29 is 5.11 Å². The standard InChI is InChI=1S/C10H23N3O/c1-8(5-11)13-7-10(14)4-9(13)6-12(2)3/h8-10,14H,4-7,11H2,1-3H3. The number of likely N-dealkylation sites (tertiary alicyclic amines) is 1. The van der Waals surface area contributed by atoms with Crippen LogP contribution in [0, 0.1) is 0 Å². The molecule has 3 N–H and O–H groups in total. The lowest BCUT2D eigenvalue weighted by molar-refractivity contribution is 0.146. The Morgan fingerprint density at radius 1 is 1.57 bits per heavy atom. The van der Waals surface area contributed by atoms with Gasteiger partial charge in [0.25, 0.3) is 0 Å². The summed E-state index contributed by atoms with van der Waals surface area (Å²) in [6.45, 7) is 4.57. The summed E-state index contributed by atoms with van der Waals surface area (Å²) in [5, 5.41) is 9.63. The van der Waals surface area contributed by atoms with Crippen LogP contribution in [0.1, 0.15) is 13.3 Å². The van der Waals surface area contributed by atoms with E-state index in [0.29, 0.717) is 18.6 Å². The SMILES string of the molecule is CC(CN)N1CC(O)CC1CN(C)C. The Bertz CT molecular complexity index is 175. The van der Waals surface area contributed by atoms with Gasteiger partial charge in [0.2, 0.25) is 0 Å². The highest BCUT2D eigenvalue weighted by molar-refractivity contribution is 4.89. The zero-order valence-corrected chi connectivity index (χ0v) is 9.48. The normalized spacial score (nSPS) is 31.3. The highest BCUT2D eigenvalue weighted by Gasteiger charge is 2.33. The first-order valence-corrected chi connectivity index (χ1v) is 5.33. The van der Waals surface area contributed by atoms with Crippen LogP contribution in [0.15, 0.2) is 0 Å². The minimum absolute atomic E-state index is 0.172. The van der Waals surface area contributed by atoms with Crippen LogP contribution in [0.5, 0.6) is 0 Å². The van der Waals surface area contributed by atoms with Gasteiger partial charge in [0, 0.05) is 31.7 Å². The quantitative estimate of drug-likeness (QED) is 0.633. The van der Waals surface area contributed by atoms with Gasteiger partial charge in [0.05, 0.1) is 6.10 Å². The van der Waals surface area contributed by atoms with Gasteiger partial charge in [-0.05, 0) is 27.4 Å². The number of hydrogen-bond acceptors (Lipinski definition) is 4. The lowest BCUT2D eigenvalue weighted by Crippen LogP contribution is -2.45. The van der Waals surface area contributed by atoms with Crippen molar-refractivity contribution in [3.63, 3.8) is 0 Å². The van der Waals surface area contributed by atoms with Gasteiger partial charge in [0.15, 0.2) is 0 Å². The average molecular weight is 201 g/mol. The van der Waals surface area contributed by atoms with E-state index in [1.54, 1.807) is 0 Å². The van der Waals surface area contributed by atoms with E-state index < -0.39 is 0 Å². The van der Waals surface area contributed by atoms with Crippen molar-refractivity contribution in [1.29, 1.82) is 0 Å². The number of nitrogens with zero attached hydrogens (tertiary/aromatic N) is 2. The van der Waals surface area contributed by atoms with Crippen LogP contribution in [0.4, 0.5) is 0 Å². The van der Waals surface area contributed by atoms with E-state index in [1.165, 1.54) is 0 Å². The summed E-state index contributed by atoms with van der Waals surface area (Å²) in [5.74, 6) is 0. The predicted molar refractivity (Wildman–Crippen MR) is 58.2 cm³/mol. The molecule has 0 amide bonds. The summed E-state index contributed by atoms with van der Waals surface area (Å²) < 4.78 is 0. The average Bonchev–Trinajstić information content (AvgIpc) is 2.44. The Balaban J connectivity index is 2.53. The second kappa shape index (κ2) is 5.07. The molecule has 4 heteroatoms. The first-order valence-electron chi connectivity index (χ1n) is 5.33. The minimum Gasteiger partial charge on any atom is -0.392 e. The molecule has 0 spiro atoms. The molecule has 1 heterocycles. The van der Waals surface area contributed by atoms with Crippen LogP contribution in [0.25, 0.3) is 0 Å². The van der Waals surface area contributed by atoms with Crippen LogP contribution in [0.3, 0.4) is 0 Å². The molecule has 1 saturated heterocycles. The molecule has 1 rings (SSSR count). The van der Waals surface area contributed by atoms with Gasteiger partial charge in [-0.25, -0.2) is 0 Å². The number of aliphatic hydroxyl groups excluding tert-OH is 1. The Morgan fingerprint density at radius 2 is 2.21 bits per heavy atom. The monoisotopic (exact) mass is 201 g/mol. The van der Waals surface area contributed by atoms with Crippen LogP contribution < -0.4 is 5.73 Å². The zero-order chi connectivity index (χ0) is 10.7. The maximum atomic E-state index is 9.63. The topological polar surface area (TPSA) is 52.7 Å². The molecular weight excluding hydrogens is 178 g/mol. The number of β-amino-alcohol motifs (C(OH)–C–C–N with tert-alkyl or cyclic N) is 1. The third kappa shape index (κ3) is 2.92. The summed E-state index contributed by atoms with van der Waals surface area (Å²) in [7, 11) is 4.13. The van der Waals surface area contributed by atoms with Gasteiger partial charge in [-0.1, -0.05) is 0 Å². The maximum absolute atomic E-state index is 9.63. The van der Waals surface area contributed by atoms with Crippen LogP contribution in [0.2, 0.25) is 0 Å². The van der Waals surface area contributed by atoms with Crippen molar-refractivity contribution in [1.82, 2.24) is 9.80 Å². The molecule has 3 unspecified atom stereocenters. The first-order chi connectivity index (χ1) is 6.54. The fourth-order valence-electron chi connectivity index (χ4n) is 2.19. The van der Waals surface area contributed by atoms with Gasteiger partial charge >= 0.3 is 0 Å². The van der Waals surface area contributed by atoms with Gasteiger partial charge in [-0.2, -0.15) is 0 Å². The molecule has 0 aromatic heterocycles. The Labute approximate surface area is 86.7 Å². The smallest absolute Gasteiger partial charge is 0.0682 e. The summed E-state index contributed by atoms with van der Waals surface area (Å²) in [6, 6.07) is 0.829. The van der Waals surface area contributed by atoms with Crippen molar-refractivity contribution in [3.8, 4) is 0 Å². The molecule has 0 bridgehead atoms. The van der Waals surface area contributed by atoms with E-state index in [-0.39, 0.29) is 6.10 Å². The lowest BCUT2D eigenvalue weighted by atomic mass is 10.1. The molecular formula is C10H23N3O. The van der Waals surface area contributed by atoms with Crippen LogP contribution in [-0.2, 0) is 0 Å². The zero-order valence-electron chi connectivity index (χ0n) is 9.48. The van der Waals surface area contributed by atoms with E-state index in [2.05, 4.69) is 30.8 Å². The summed E-state index contributed by atoms with van der Waals surface area (Å²) in [5.41, 5.74) is 5.65. The predicted octanol–water partition coefficient (Wildman–Crippen LogP) is -0.670. The van der Waals surface area contributed by atoms with E-state index >= 15 is 0 Å². The minimum atomic E-state index is -0.172. The Kier molecular flexibility index (Phi) is 4.31. The fourth-order valence-corrected chi connectivity index (χ4v) is 2.19. The molecule has 3 atom stereocenters. The molecule has 4 nitrogen and oxygen atoms in total. The molecule has 1 aliphatic rings. The third-order valence-corrected chi connectivity index (χ3v) is 2.92. The van der Waals surface area contributed by atoms with Crippen molar-refractivity contribution >= 4 is 0 Å². The Morgan fingerprint density at radius 3 is 2.71 bits per heavy atom. The van der Waals surface area contributed by atoms with Crippen molar-refractivity contribution in [3.05, 3.63) is 0 Å². The van der Waals surface area contributed by atoms with Gasteiger partial charge < -0.3 is 15.7 Å².